The second kappa shape index (κ2) is 3.32. The monoisotopic (exact) mass is 230 g/mol. The highest BCUT2D eigenvalue weighted by Crippen LogP contribution is 2.24. The van der Waals surface area contributed by atoms with Crippen LogP contribution in [0, 0.1) is 3.95 Å². The number of pyridine rings is 1. The number of rotatable bonds is 0. The molecule has 0 radical (unpaired) electrons. The molecule has 2 heterocycles. The van der Waals surface area contributed by atoms with E-state index in [4.69, 9.17) is 12.2 Å². The van der Waals surface area contributed by atoms with Crippen LogP contribution in [0.2, 0.25) is 0 Å². The van der Waals surface area contributed by atoms with Crippen molar-refractivity contribution < 1.29 is 0 Å². The van der Waals surface area contributed by atoms with E-state index in [1.165, 1.54) is 11.3 Å². The van der Waals surface area contributed by atoms with E-state index < -0.39 is 0 Å². The molecule has 0 unspecified atom stereocenters. The van der Waals surface area contributed by atoms with Crippen LogP contribution in [-0.2, 0) is 0 Å². The molecule has 0 aliphatic carbocycles. The molecule has 0 saturated carbocycles. The Labute approximate surface area is 95.2 Å². The number of hydrogen-bond donors (Lipinski definition) is 0. The van der Waals surface area contributed by atoms with Crippen molar-refractivity contribution in [2.75, 3.05) is 0 Å². The van der Waals surface area contributed by atoms with Crippen molar-refractivity contribution in [1.29, 1.82) is 0 Å². The average Bonchev–Trinajstić information content (AvgIpc) is 2.28. The van der Waals surface area contributed by atoms with Crippen LogP contribution >= 0.6 is 23.6 Å². The molecule has 4 heteroatoms. The summed E-state index contributed by atoms with van der Waals surface area (Å²) in [6, 6.07) is 8.05. The van der Waals surface area contributed by atoms with Gasteiger partial charge in [0, 0.05) is 23.2 Å². The first kappa shape index (κ1) is 8.88. The summed E-state index contributed by atoms with van der Waals surface area (Å²) in [5.74, 6) is 0. The fraction of sp³-hybridized carbons (Fsp3) is 0. The summed E-state index contributed by atoms with van der Waals surface area (Å²) in [7, 11) is 0. The van der Waals surface area contributed by atoms with Crippen LogP contribution in [0.5, 0.6) is 0 Å². The molecule has 0 atom stereocenters. The van der Waals surface area contributed by atoms with Gasteiger partial charge in [-0.3, -0.25) is 4.98 Å². The average molecular weight is 230 g/mol. The lowest BCUT2D eigenvalue weighted by molar-refractivity contribution is 1.38. The standard InChI is InChI=1S/C11H6N2S2/c14-11-13-5-8-7-3-1-2-4-9(7)12-6-10(8)15-11/h1-6H. The Balaban J connectivity index is 2.60. The van der Waals surface area contributed by atoms with Crippen molar-refractivity contribution in [2.24, 2.45) is 0 Å². The van der Waals surface area contributed by atoms with Crippen LogP contribution < -0.4 is 0 Å². The zero-order chi connectivity index (χ0) is 10.3. The third kappa shape index (κ3) is 1.42. The quantitative estimate of drug-likeness (QED) is 0.436. The fourth-order valence-electron chi connectivity index (χ4n) is 1.60. The van der Waals surface area contributed by atoms with Crippen LogP contribution in [0.3, 0.4) is 0 Å². The van der Waals surface area contributed by atoms with Crippen molar-refractivity contribution in [2.45, 2.75) is 0 Å². The van der Waals surface area contributed by atoms with Crippen molar-refractivity contribution in [3.63, 3.8) is 0 Å². The highest BCUT2D eigenvalue weighted by molar-refractivity contribution is 7.73. The smallest absolute Gasteiger partial charge is 0.181 e. The van der Waals surface area contributed by atoms with Crippen LogP contribution in [0.1, 0.15) is 0 Å². The van der Waals surface area contributed by atoms with Crippen LogP contribution in [-0.4, -0.2) is 9.97 Å². The summed E-state index contributed by atoms with van der Waals surface area (Å²) in [6.07, 6.45) is 3.69. The van der Waals surface area contributed by atoms with Crippen molar-refractivity contribution in [1.82, 2.24) is 9.97 Å². The Hall–Kier alpha value is -1.39. The molecular weight excluding hydrogens is 224 g/mol. The molecule has 0 spiro atoms. The number of hydrogen-bond acceptors (Lipinski definition) is 4. The third-order valence-electron chi connectivity index (χ3n) is 2.28. The molecule has 2 aromatic heterocycles. The number of benzene rings is 1. The zero-order valence-electron chi connectivity index (χ0n) is 7.68. The van der Waals surface area contributed by atoms with Crippen LogP contribution in [0.15, 0.2) is 36.7 Å². The largest absolute Gasteiger partial charge is 0.255 e. The first-order valence-corrected chi connectivity index (χ1v) is 5.71. The molecule has 0 amide bonds. The molecule has 0 aliphatic heterocycles. The second-order valence-electron chi connectivity index (χ2n) is 3.18. The molecule has 15 heavy (non-hydrogen) atoms. The highest BCUT2D eigenvalue weighted by Gasteiger charge is 2.01. The molecule has 0 saturated heterocycles. The van der Waals surface area contributed by atoms with Crippen molar-refractivity contribution >= 4 is 44.5 Å². The number of aromatic nitrogens is 2. The van der Waals surface area contributed by atoms with E-state index in [1.807, 2.05) is 30.6 Å². The first-order valence-electron chi connectivity index (χ1n) is 4.48. The van der Waals surface area contributed by atoms with Gasteiger partial charge in [-0.25, -0.2) is 4.98 Å². The molecule has 2 nitrogen and oxygen atoms in total. The summed E-state index contributed by atoms with van der Waals surface area (Å²) < 4.78 is 1.74. The maximum atomic E-state index is 5.04. The molecule has 72 valence electrons. The van der Waals surface area contributed by atoms with Gasteiger partial charge in [-0.05, 0) is 18.3 Å². The minimum atomic E-state index is 0.652. The Kier molecular flexibility index (Phi) is 1.97. The lowest BCUT2D eigenvalue weighted by Gasteiger charge is -2.00. The van der Waals surface area contributed by atoms with E-state index in [0.29, 0.717) is 3.95 Å². The zero-order valence-corrected chi connectivity index (χ0v) is 9.31. The topological polar surface area (TPSA) is 25.8 Å². The van der Waals surface area contributed by atoms with Crippen molar-refractivity contribution in [3.05, 3.63) is 40.6 Å². The molecule has 1 aromatic carbocycles. The van der Waals surface area contributed by atoms with E-state index in [0.717, 1.165) is 21.0 Å². The second-order valence-corrected chi connectivity index (χ2v) is 4.86. The van der Waals surface area contributed by atoms with E-state index in [1.54, 1.807) is 0 Å². The van der Waals surface area contributed by atoms with Gasteiger partial charge in [0.05, 0.1) is 10.2 Å². The maximum Gasteiger partial charge on any atom is 0.181 e. The molecule has 0 N–H and O–H groups in total. The number of nitrogens with zero attached hydrogens (tertiary/aromatic N) is 2. The third-order valence-corrected chi connectivity index (χ3v) is 3.46. The van der Waals surface area contributed by atoms with E-state index in [2.05, 4.69) is 16.0 Å². The SMILES string of the molecule is S=c1ncc2c(cnc3ccccc32)s1. The summed E-state index contributed by atoms with van der Waals surface area (Å²) >= 11 is 6.54. The summed E-state index contributed by atoms with van der Waals surface area (Å²) in [6.45, 7) is 0. The minimum absolute atomic E-state index is 0.652. The Morgan fingerprint density at radius 1 is 1.00 bits per heavy atom. The van der Waals surface area contributed by atoms with Gasteiger partial charge in [-0.2, -0.15) is 0 Å². The molecular formula is C11H6N2S2. The Morgan fingerprint density at radius 3 is 2.80 bits per heavy atom. The van der Waals surface area contributed by atoms with Gasteiger partial charge in [0.15, 0.2) is 3.95 Å². The predicted octanol–water partition coefficient (Wildman–Crippen LogP) is 3.57. The van der Waals surface area contributed by atoms with Gasteiger partial charge in [0.2, 0.25) is 0 Å². The summed E-state index contributed by atoms with van der Waals surface area (Å²) in [5, 5.41) is 2.26. The molecule has 3 rings (SSSR count). The predicted molar refractivity (Wildman–Crippen MR) is 65.8 cm³/mol. The van der Waals surface area contributed by atoms with Gasteiger partial charge >= 0.3 is 0 Å². The molecule has 3 aromatic rings. The van der Waals surface area contributed by atoms with Gasteiger partial charge in [0.1, 0.15) is 0 Å². The molecule has 0 fully saturated rings. The fourth-order valence-corrected chi connectivity index (χ4v) is 2.59. The van der Waals surface area contributed by atoms with Crippen LogP contribution in [0.25, 0.3) is 21.0 Å². The summed E-state index contributed by atoms with van der Waals surface area (Å²) in [5.41, 5.74) is 0.996. The summed E-state index contributed by atoms with van der Waals surface area (Å²) in [4.78, 5) is 8.55. The van der Waals surface area contributed by atoms with E-state index in [9.17, 15) is 0 Å². The van der Waals surface area contributed by atoms with Crippen LogP contribution in [0.4, 0.5) is 0 Å². The lowest BCUT2D eigenvalue weighted by atomic mass is 10.2. The Bertz CT molecular complexity index is 703. The number of fused-ring (bicyclic) bond motifs is 3. The number of para-hydroxylation sites is 1. The van der Waals surface area contributed by atoms with E-state index in [-0.39, 0.29) is 0 Å². The maximum absolute atomic E-state index is 5.04. The lowest BCUT2D eigenvalue weighted by Crippen LogP contribution is -1.81. The van der Waals surface area contributed by atoms with E-state index >= 15 is 0 Å². The molecule has 0 bridgehead atoms. The molecule has 0 aliphatic rings. The minimum Gasteiger partial charge on any atom is -0.255 e. The highest BCUT2D eigenvalue weighted by atomic mass is 32.1. The van der Waals surface area contributed by atoms with Gasteiger partial charge in [-0.15, -0.1) is 11.3 Å². The van der Waals surface area contributed by atoms with Gasteiger partial charge in [0.25, 0.3) is 0 Å². The first-order chi connectivity index (χ1) is 7.34. The van der Waals surface area contributed by atoms with Crippen molar-refractivity contribution in [3.8, 4) is 0 Å². The van der Waals surface area contributed by atoms with Gasteiger partial charge < -0.3 is 0 Å². The normalized spacial score (nSPS) is 10.9. The Morgan fingerprint density at radius 2 is 1.87 bits per heavy atom. The van der Waals surface area contributed by atoms with Gasteiger partial charge in [-0.1, -0.05) is 18.2 Å².